The van der Waals surface area contributed by atoms with E-state index in [9.17, 15) is 4.79 Å². The summed E-state index contributed by atoms with van der Waals surface area (Å²) in [7, 11) is 0. The molecule has 3 atom stereocenters. The van der Waals surface area contributed by atoms with Crippen molar-refractivity contribution < 1.29 is 4.79 Å². The fourth-order valence-corrected chi connectivity index (χ4v) is 2.58. The van der Waals surface area contributed by atoms with Crippen LogP contribution in [-0.4, -0.2) is 41.1 Å². The topological polar surface area (TPSA) is 32.3 Å². The Hall–Kier alpha value is -0.220. The second-order valence-electron chi connectivity index (χ2n) is 4.82. The maximum Gasteiger partial charge on any atom is 0.241 e. The maximum atomic E-state index is 12.3. The van der Waals surface area contributed by atoms with Crippen LogP contribution in [0, 0.1) is 0 Å². The number of carbonyl (C=O) groups excluding carboxylic acids is 1. The number of rotatable bonds is 7. The van der Waals surface area contributed by atoms with Crippen LogP contribution in [0.25, 0.3) is 0 Å². The van der Waals surface area contributed by atoms with Gasteiger partial charge in [-0.25, -0.2) is 0 Å². The molecule has 3 unspecified atom stereocenters. The Kier molecular flexibility index (Phi) is 6.34. The van der Waals surface area contributed by atoms with Crippen LogP contribution in [0.4, 0.5) is 0 Å². The van der Waals surface area contributed by atoms with Crippen LogP contribution < -0.4 is 5.32 Å². The van der Waals surface area contributed by atoms with Gasteiger partial charge in [-0.05, 0) is 19.1 Å². The van der Waals surface area contributed by atoms with E-state index in [2.05, 4.69) is 32.3 Å². The lowest BCUT2D eigenvalue weighted by Crippen LogP contribution is -2.40. The summed E-state index contributed by atoms with van der Waals surface area (Å²) in [4.78, 5) is 14.3. The van der Waals surface area contributed by atoms with Gasteiger partial charge >= 0.3 is 0 Å². The normalized spacial score (nSPS) is 26.6. The molecule has 0 saturated carbocycles. The molecule has 0 radical (unpaired) electrons. The fraction of sp³-hybridized carbons (Fsp3) is 0.923. The summed E-state index contributed by atoms with van der Waals surface area (Å²) in [6, 6.07) is 0.0638. The Labute approximate surface area is 110 Å². The van der Waals surface area contributed by atoms with Crippen molar-refractivity contribution in [2.24, 2.45) is 0 Å². The highest BCUT2D eigenvalue weighted by Crippen LogP contribution is 2.20. The highest BCUT2D eigenvalue weighted by molar-refractivity contribution is 7.99. The minimum absolute atomic E-state index is 0.0638. The largest absolute Gasteiger partial charge is 0.325 e. The van der Waals surface area contributed by atoms with E-state index in [1.807, 2.05) is 16.7 Å². The molecule has 1 rings (SSSR count). The van der Waals surface area contributed by atoms with Gasteiger partial charge in [-0.15, -0.1) is 0 Å². The minimum Gasteiger partial charge on any atom is -0.325 e. The van der Waals surface area contributed by atoms with Crippen molar-refractivity contribution in [3.63, 3.8) is 0 Å². The molecule has 1 heterocycles. The molecule has 1 N–H and O–H groups in total. The van der Waals surface area contributed by atoms with Gasteiger partial charge in [-0.1, -0.05) is 33.6 Å². The van der Waals surface area contributed by atoms with Crippen LogP contribution in [0.5, 0.6) is 0 Å². The molecular formula is C13H26N2OS. The van der Waals surface area contributed by atoms with Crippen LogP contribution in [0.2, 0.25) is 0 Å². The monoisotopic (exact) mass is 258 g/mol. The van der Waals surface area contributed by atoms with Gasteiger partial charge in [0.05, 0.1) is 12.2 Å². The first-order valence-corrected chi connectivity index (χ1v) is 8.02. The molecule has 1 fully saturated rings. The molecule has 17 heavy (non-hydrogen) atoms. The zero-order valence-electron chi connectivity index (χ0n) is 11.5. The van der Waals surface area contributed by atoms with E-state index in [4.69, 9.17) is 0 Å². The zero-order chi connectivity index (χ0) is 12.8. The highest BCUT2D eigenvalue weighted by Gasteiger charge is 2.37. The van der Waals surface area contributed by atoms with Crippen LogP contribution >= 0.6 is 11.8 Å². The molecule has 1 aliphatic heterocycles. The van der Waals surface area contributed by atoms with E-state index in [-0.39, 0.29) is 12.2 Å². The second-order valence-corrected chi connectivity index (χ2v) is 6.10. The van der Waals surface area contributed by atoms with Crippen LogP contribution in [0.15, 0.2) is 0 Å². The Balaban J connectivity index is 2.58. The Morgan fingerprint density at radius 1 is 1.47 bits per heavy atom. The van der Waals surface area contributed by atoms with E-state index < -0.39 is 0 Å². The van der Waals surface area contributed by atoms with Crippen molar-refractivity contribution in [3.8, 4) is 0 Å². The lowest BCUT2D eigenvalue weighted by Gasteiger charge is -2.25. The maximum absolute atomic E-state index is 12.3. The average Bonchev–Trinajstić information content (AvgIpc) is 2.64. The second kappa shape index (κ2) is 7.27. The predicted molar refractivity (Wildman–Crippen MR) is 75.2 cm³/mol. The van der Waals surface area contributed by atoms with Gasteiger partial charge in [-0.2, -0.15) is 11.8 Å². The van der Waals surface area contributed by atoms with E-state index in [0.717, 1.165) is 32.2 Å². The molecule has 0 aromatic rings. The van der Waals surface area contributed by atoms with Gasteiger partial charge in [0.1, 0.15) is 0 Å². The first-order chi connectivity index (χ1) is 8.13. The molecule has 0 spiro atoms. The molecule has 0 bridgehead atoms. The third-order valence-electron chi connectivity index (χ3n) is 3.44. The summed E-state index contributed by atoms with van der Waals surface area (Å²) < 4.78 is 0. The van der Waals surface area contributed by atoms with Crippen LogP contribution in [0.3, 0.4) is 0 Å². The van der Waals surface area contributed by atoms with E-state index in [1.54, 1.807) is 0 Å². The highest BCUT2D eigenvalue weighted by atomic mass is 32.2. The molecule has 3 nitrogen and oxygen atoms in total. The third kappa shape index (κ3) is 3.88. The van der Waals surface area contributed by atoms with Crippen molar-refractivity contribution in [1.82, 2.24) is 10.2 Å². The summed E-state index contributed by atoms with van der Waals surface area (Å²) in [6.07, 6.45) is 6.62. The molecule has 100 valence electrons. The van der Waals surface area contributed by atoms with Crippen molar-refractivity contribution in [3.05, 3.63) is 0 Å². The van der Waals surface area contributed by atoms with Crippen LogP contribution in [-0.2, 0) is 4.79 Å². The van der Waals surface area contributed by atoms with Gasteiger partial charge in [0.2, 0.25) is 5.91 Å². The van der Waals surface area contributed by atoms with Crippen molar-refractivity contribution >= 4 is 17.7 Å². The summed E-state index contributed by atoms with van der Waals surface area (Å²) in [5.41, 5.74) is 0. The van der Waals surface area contributed by atoms with Gasteiger partial charge in [-0.3, -0.25) is 10.1 Å². The Morgan fingerprint density at radius 3 is 2.71 bits per heavy atom. The number of thioether (sulfide) groups is 1. The summed E-state index contributed by atoms with van der Waals surface area (Å²) in [6.45, 7) is 7.37. The number of hydrogen-bond acceptors (Lipinski definition) is 3. The average molecular weight is 258 g/mol. The molecule has 4 heteroatoms. The van der Waals surface area contributed by atoms with Crippen molar-refractivity contribution in [2.75, 3.05) is 12.8 Å². The number of hydrogen-bond donors (Lipinski definition) is 1. The van der Waals surface area contributed by atoms with Crippen LogP contribution in [0.1, 0.15) is 46.5 Å². The fourth-order valence-electron chi connectivity index (χ4n) is 2.27. The molecule has 0 aromatic heterocycles. The lowest BCUT2D eigenvalue weighted by atomic mass is 10.1. The zero-order valence-corrected chi connectivity index (χ0v) is 12.3. The Bertz CT molecular complexity index is 248. The summed E-state index contributed by atoms with van der Waals surface area (Å²) in [5, 5.41) is 3.99. The molecule has 1 aliphatic rings. The number of carbonyl (C=O) groups is 1. The van der Waals surface area contributed by atoms with E-state index in [1.165, 1.54) is 0 Å². The number of nitrogens with zero attached hydrogens (tertiary/aromatic N) is 1. The van der Waals surface area contributed by atoms with Crippen molar-refractivity contribution in [2.45, 2.75) is 63.9 Å². The van der Waals surface area contributed by atoms with E-state index in [0.29, 0.717) is 11.2 Å². The summed E-state index contributed by atoms with van der Waals surface area (Å²) >= 11 is 1.82. The first-order valence-electron chi connectivity index (χ1n) is 6.73. The lowest BCUT2D eigenvalue weighted by molar-refractivity contribution is -0.130. The molecule has 1 saturated heterocycles. The van der Waals surface area contributed by atoms with Gasteiger partial charge in [0, 0.05) is 11.8 Å². The Morgan fingerprint density at radius 2 is 2.18 bits per heavy atom. The van der Waals surface area contributed by atoms with Gasteiger partial charge in [0.15, 0.2) is 0 Å². The smallest absolute Gasteiger partial charge is 0.241 e. The van der Waals surface area contributed by atoms with Gasteiger partial charge < -0.3 is 4.90 Å². The summed E-state index contributed by atoms with van der Waals surface area (Å²) in [5.74, 6) is 0.311. The molecular weight excluding hydrogens is 232 g/mol. The van der Waals surface area contributed by atoms with Crippen molar-refractivity contribution in [1.29, 1.82) is 0 Å². The van der Waals surface area contributed by atoms with E-state index >= 15 is 0 Å². The predicted octanol–water partition coefficient (Wildman–Crippen LogP) is 2.46. The quantitative estimate of drug-likeness (QED) is 0.761. The number of amides is 1. The standard InChI is InChI=1S/C13H26N2OS/c1-5-7-8-11-13(16)15(9-10(3)17-4)12(6-2)14-11/h10-12,14H,5-9H2,1-4H3. The minimum atomic E-state index is 0.0638. The third-order valence-corrected chi connectivity index (χ3v) is 4.39. The van der Waals surface area contributed by atoms with Gasteiger partial charge in [0.25, 0.3) is 0 Å². The molecule has 0 aromatic carbocycles. The number of nitrogens with one attached hydrogen (secondary N) is 1. The SMILES string of the molecule is CCCCC1NC(CC)N(CC(C)SC)C1=O. The first kappa shape index (κ1) is 14.8. The number of unbranched alkanes of at least 4 members (excludes halogenated alkanes) is 1. The molecule has 0 aliphatic carbocycles. The molecule has 1 amide bonds.